The summed E-state index contributed by atoms with van der Waals surface area (Å²) in [4.78, 5) is 162. The average Bonchev–Trinajstić information content (AvgIpc) is 1.71. The number of esters is 4. The van der Waals surface area contributed by atoms with Crippen molar-refractivity contribution in [1.82, 2.24) is 0 Å². The minimum Gasteiger partial charge on any atom is -0.743 e. The number of nitrogens with one attached hydrogen (secondary N) is 8. The van der Waals surface area contributed by atoms with Crippen LogP contribution in [0.2, 0.25) is 0 Å². The zero-order chi connectivity index (χ0) is 104. The van der Waals surface area contributed by atoms with Gasteiger partial charge in [-0.05, 0) is 251 Å². The second kappa shape index (κ2) is 43.0. The summed E-state index contributed by atoms with van der Waals surface area (Å²) in [7, 11) is -7.13. The van der Waals surface area contributed by atoms with Gasteiger partial charge in [-0.1, -0.05) is 60.7 Å². The van der Waals surface area contributed by atoms with Crippen molar-refractivity contribution in [2.24, 2.45) is 5.41 Å². The topological polar surface area (TPSA) is 469 Å². The Morgan fingerprint density at radius 1 is 0.324 bits per heavy atom. The van der Waals surface area contributed by atoms with Crippen molar-refractivity contribution in [3.63, 3.8) is 0 Å². The molecule has 0 aromatic heterocycles. The molecule has 8 amide bonds. The van der Waals surface area contributed by atoms with E-state index in [1.165, 1.54) is 97.1 Å². The normalized spacial score (nSPS) is 16.0. The number of hydrogen-bond acceptors (Lipinski definition) is 27. The Morgan fingerprint density at radius 3 is 0.862 bits per heavy atom. The van der Waals surface area contributed by atoms with Crippen molar-refractivity contribution in [3.8, 4) is 23.0 Å². The number of rotatable bonds is 30. The van der Waals surface area contributed by atoms with E-state index in [-0.39, 0.29) is 68.3 Å². The van der Waals surface area contributed by atoms with Gasteiger partial charge in [-0.3, -0.25) is 42.5 Å². The molecule has 0 saturated heterocycles. The molecule has 14 rings (SSSR count). The molecular formula is C98H76F11N8O27S-. The van der Waals surface area contributed by atoms with E-state index < -0.39 is 212 Å². The van der Waals surface area contributed by atoms with Gasteiger partial charge in [0.15, 0.2) is 56.4 Å². The molecule has 8 N–H and O–H groups in total. The highest BCUT2D eigenvalue weighted by Crippen LogP contribution is 2.46. The predicted molar refractivity (Wildman–Crippen MR) is 485 cm³/mol. The number of alkyl halides is 5. The number of ether oxygens (including phenoxy) is 12. The van der Waals surface area contributed by atoms with Gasteiger partial charge in [-0.25, -0.2) is 92.3 Å². The van der Waals surface area contributed by atoms with Crippen molar-refractivity contribution in [2.75, 3.05) is 69.0 Å². The van der Waals surface area contributed by atoms with E-state index in [4.69, 9.17) is 52.1 Å². The zero-order valence-corrected chi connectivity index (χ0v) is 76.0. The second-order valence-corrected chi connectivity index (χ2v) is 34.7. The van der Waals surface area contributed by atoms with Gasteiger partial charge in [-0.15, -0.1) is 0 Å². The summed E-state index contributed by atoms with van der Waals surface area (Å²) >= 11 is 0. The van der Waals surface area contributed by atoms with Crippen LogP contribution < -0.4 is 61.5 Å². The van der Waals surface area contributed by atoms with Crippen LogP contribution in [0, 0.1) is 40.3 Å². The molecule has 0 heterocycles. The number of aryl methyl sites for hydroxylation is 3. The van der Waals surface area contributed by atoms with Crippen molar-refractivity contribution < 1.29 is 176 Å². The zero-order valence-electron chi connectivity index (χ0n) is 75.2. The van der Waals surface area contributed by atoms with Crippen LogP contribution in [0.3, 0.4) is 0 Å². The SMILES string of the molecule is CC1(OC(=O)c2ccc(OC(=O)Nc3cccc(NC(=O)OCC(COC(=O)Nc4cccc(NC(=O)Oc5ccc(C(=O)OC(C(F)(F)F)C(F)(F)S(=O)(=O)[O-])cc5F)c4)(COC(=O)Nc4cccc(NC(=O)Oc5ccc(C(=O)OC6(C)CCc7ccc(F)cc76)cc5F)c4)COC(=O)Nc4cccc(NC(=O)Oc5ccc(C(=O)OC6(C)CCc7ccc(F)cc76)cc5F)c4)c3)c(F)c2)CCc2ccccc21. The monoisotopic (exact) mass is 2040 g/mol. The molecule has 11 aromatic carbocycles. The third-order valence-electron chi connectivity index (χ3n) is 22.5. The Bertz CT molecular complexity index is 6870. The fourth-order valence-electron chi connectivity index (χ4n) is 15.3. The Balaban J connectivity index is 0.679. The molecule has 47 heteroatoms. The average molecular weight is 2040 g/mol. The lowest BCUT2D eigenvalue weighted by atomic mass is 9.92. The third kappa shape index (κ3) is 25.9. The molecule has 4 atom stereocenters. The van der Waals surface area contributed by atoms with Gasteiger partial charge in [0.25, 0.3) is 6.10 Å². The second-order valence-electron chi connectivity index (χ2n) is 33.2. The summed E-state index contributed by atoms with van der Waals surface area (Å²) in [6.07, 6.45) is -19.9. The van der Waals surface area contributed by atoms with Gasteiger partial charge in [0.05, 0.1) is 22.3 Å². The summed E-state index contributed by atoms with van der Waals surface area (Å²) in [5, 5.41) is 12.2. The molecule has 3 aliphatic carbocycles. The highest BCUT2D eigenvalue weighted by molar-refractivity contribution is 7.86. The van der Waals surface area contributed by atoms with E-state index >= 15 is 17.6 Å². The van der Waals surface area contributed by atoms with Crippen LogP contribution in [0.1, 0.15) is 115 Å². The van der Waals surface area contributed by atoms with Crippen molar-refractivity contribution in [2.45, 2.75) is 93.6 Å². The fraction of sp³-hybridized carbons (Fsp3) is 0.204. The van der Waals surface area contributed by atoms with Crippen LogP contribution in [0.15, 0.2) is 231 Å². The minimum atomic E-state index is -7.13. The lowest BCUT2D eigenvalue weighted by Gasteiger charge is -2.31. The Morgan fingerprint density at radius 2 is 0.586 bits per heavy atom. The van der Waals surface area contributed by atoms with Crippen molar-refractivity contribution in [1.29, 1.82) is 0 Å². The van der Waals surface area contributed by atoms with Gasteiger partial charge in [0, 0.05) is 56.6 Å². The highest BCUT2D eigenvalue weighted by Gasteiger charge is 2.63. The molecule has 0 saturated carbocycles. The number of amides is 8. The summed E-state index contributed by atoms with van der Waals surface area (Å²) < 4.78 is 257. The maximum atomic E-state index is 15.6. The maximum absolute atomic E-state index is 15.6. The van der Waals surface area contributed by atoms with Crippen molar-refractivity contribution >= 4 is 128 Å². The quantitative estimate of drug-likeness (QED) is 0.00897. The molecule has 145 heavy (non-hydrogen) atoms. The first-order chi connectivity index (χ1) is 68.6. The number of halogens is 11. The van der Waals surface area contributed by atoms with Gasteiger partial charge in [0.2, 0.25) is 0 Å². The van der Waals surface area contributed by atoms with Crippen LogP contribution in [0.4, 0.5) is 132 Å². The van der Waals surface area contributed by atoms with E-state index in [9.17, 15) is 101 Å². The standard InChI is InChI=1S/C98H77F11N8O27S/c1-93(35-32-52-10-4-5-19-69(52)93)142-81(119)56-23-29-77(73(102)39-56)138-90(127)115-66-16-7-12-62(45-66)111-86(123)134-49-96(48-133-85(122)110-61-11-6-15-65(44-61)114-89(126)137-76-28-22-55(38-72(76)101)80(118)141-84(97(105,106)107)98(108,109)145(130,131)132,50-135-87(124)112-63-13-8-17-67(46-63)116-91(128)139-78-30-24-57(40-74(78)103)82(120)143-94(2)36-33-53-20-26-59(99)42-70(53)94)51-136-88(125)113-64-14-9-18-68(47-64)117-92(129)140-79-31-25-58(41-75(79)104)83(121)144-95(3)37-34-54-21-27-60(100)43-71(54)95/h4-31,38-47,84H,32-37,48-51H2,1-3H3,(H,110,122)(H,111,123)(H,112,124)(H,113,125)(H,114,126)(H,115,127)(H,116,128)(H,117,129)(H,130,131,132)/p-1. The predicted octanol–water partition coefficient (Wildman–Crippen LogP) is 20.5. The molecule has 0 aliphatic heterocycles. The first kappa shape index (κ1) is 103. The lowest BCUT2D eigenvalue weighted by molar-refractivity contribution is -0.248. The molecule has 0 bridgehead atoms. The van der Waals surface area contributed by atoms with Crippen LogP contribution in [-0.4, -0.2) is 130 Å². The molecule has 754 valence electrons. The number of anilines is 8. The Hall–Kier alpha value is -17.4. The number of carbonyl (C=O) groups is 12. The molecule has 0 radical (unpaired) electrons. The van der Waals surface area contributed by atoms with Crippen LogP contribution >= 0.6 is 0 Å². The molecule has 4 unspecified atom stereocenters. The van der Waals surface area contributed by atoms with Crippen molar-refractivity contribution in [3.05, 3.63) is 321 Å². The molecular weight excluding hydrogens is 1960 g/mol. The molecule has 11 aromatic rings. The third-order valence-corrected chi connectivity index (χ3v) is 23.4. The van der Waals surface area contributed by atoms with Gasteiger partial charge < -0.3 is 61.4 Å². The maximum Gasteiger partial charge on any atom is 0.432 e. The van der Waals surface area contributed by atoms with Crippen LogP contribution in [0.5, 0.6) is 23.0 Å². The summed E-state index contributed by atoms with van der Waals surface area (Å²) in [5.41, 5.74) is -5.45. The van der Waals surface area contributed by atoms with E-state index in [1.54, 1.807) is 39.0 Å². The van der Waals surface area contributed by atoms with Crippen LogP contribution in [-0.2, 0) is 84.1 Å². The first-order valence-corrected chi connectivity index (χ1v) is 44.3. The summed E-state index contributed by atoms with van der Waals surface area (Å²) in [5.74, 6) is -14.8. The Labute approximate surface area is 812 Å². The van der Waals surface area contributed by atoms with E-state index in [0.29, 0.717) is 61.8 Å². The Kier molecular flexibility index (Phi) is 30.7. The first-order valence-electron chi connectivity index (χ1n) is 42.9. The smallest absolute Gasteiger partial charge is 0.432 e. The molecule has 3 aliphatic rings. The summed E-state index contributed by atoms with van der Waals surface area (Å²) in [6.45, 7) is 0.254. The highest BCUT2D eigenvalue weighted by atomic mass is 32.2. The number of hydrogen-bond donors (Lipinski definition) is 8. The van der Waals surface area contributed by atoms with Crippen LogP contribution in [0.25, 0.3) is 0 Å². The largest absolute Gasteiger partial charge is 0.743 e. The number of fused-ring (bicyclic) bond motifs is 3. The van der Waals surface area contributed by atoms with E-state index in [1.807, 2.05) is 18.2 Å². The lowest BCUT2D eigenvalue weighted by Crippen LogP contribution is -2.52. The summed E-state index contributed by atoms with van der Waals surface area (Å²) in [6, 6.07) is 44.2. The minimum absolute atomic E-state index is 0.0174. The van der Waals surface area contributed by atoms with Gasteiger partial charge in [0.1, 0.15) is 60.3 Å². The molecule has 35 nitrogen and oxygen atoms in total. The molecule has 0 fully saturated rings. The fourth-order valence-corrected chi connectivity index (χ4v) is 15.7. The van der Waals surface area contributed by atoms with Gasteiger partial charge in [-0.2, -0.15) is 22.0 Å². The van der Waals surface area contributed by atoms with E-state index in [2.05, 4.69) is 47.3 Å². The number of carbonyl (C=O) groups excluding carboxylic acids is 12. The molecule has 0 spiro atoms. The number of benzene rings is 11. The van der Waals surface area contributed by atoms with E-state index in [0.717, 1.165) is 101 Å². The van der Waals surface area contributed by atoms with Gasteiger partial charge >= 0.3 is 84.1 Å².